The van der Waals surface area contributed by atoms with Gasteiger partial charge in [0.15, 0.2) is 0 Å². The summed E-state index contributed by atoms with van der Waals surface area (Å²) in [5.41, 5.74) is 2.90. The van der Waals surface area contributed by atoms with E-state index in [0.717, 1.165) is 5.56 Å². The van der Waals surface area contributed by atoms with Crippen LogP contribution >= 0.6 is 0 Å². The molecule has 7 heteroatoms. The number of ether oxygens (including phenoxy) is 3. The molecule has 1 atom stereocenters. The number of likely N-dealkylation sites (tertiary alicyclic amines) is 1. The van der Waals surface area contributed by atoms with Crippen LogP contribution in [0.3, 0.4) is 0 Å². The Morgan fingerprint density at radius 1 is 0.833 bits per heavy atom. The Hall–Kier alpha value is -4.88. The zero-order valence-electron chi connectivity index (χ0n) is 23.7. The Morgan fingerprint density at radius 2 is 1.55 bits per heavy atom. The maximum absolute atomic E-state index is 13.5. The number of nitrogens with zero attached hydrogens (tertiary/aromatic N) is 1. The number of carbonyl (C=O) groups is 2. The summed E-state index contributed by atoms with van der Waals surface area (Å²) in [6.07, 6.45) is 0.534. The van der Waals surface area contributed by atoms with Crippen molar-refractivity contribution in [1.82, 2.24) is 4.90 Å². The lowest BCUT2D eigenvalue weighted by atomic mass is 9.93. The molecule has 4 aromatic carbocycles. The molecule has 1 fully saturated rings. The highest BCUT2D eigenvalue weighted by Gasteiger charge is 2.46. The average Bonchev–Trinajstić information content (AvgIpc) is 3.26. The van der Waals surface area contributed by atoms with E-state index >= 15 is 0 Å². The van der Waals surface area contributed by atoms with E-state index in [2.05, 4.69) is 0 Å². The molecule has 214 valence electrons. The SMILES string of the molecule is COCCCN1C(=O)C(=O)/C(=C(/O)c2ccc(OCc3ccccc3)cc2C)[C@@H]1c1cccc(Oc2ccccc2)c1. The van der Waals surface area contributed by atoms with Crippen LogP contribution in [0, 0.1) is 6.92 Å². The molecule has 1 heterocycles. The summed E-state index contributed by atoms with van der Waals surface area (Å²) < 4.78 is 17.2. The van der Waals surface area contributed by atoms with Crippen LogP contribution < -0.4 is 9.47 Å². The number of benzene rings is 4. The van der Waals surface area contributed by atoms with Gasteiger partial charge < -0.3 is 24.2 Å². The Labute approximate surface area is 245 Å². The van der Waals surface area contributed by atoms with Crippen LogP contribution in [0.25, 0.3) is 5.76 Å². The summed E-state index contributed by atoms with van der Waals surface area (Å²) in [4.78, 5) is 28.3. The summed E-state index contributed by atoms with van der Waals surface area (Å²) >= 11 is 0. The standard InChI is InChI=1S/C35H33NO6/c1-24-21-28(41-23-25-11-5-3-6-12-25)17-18-30(24)33(37)31-32(36(19-10-20-40-2)35(39)34(31)38)26-13-9-16-29(22-26)42-27-14-7-4-8-15-27/h3-9,11-18,21-22,32,37H,10,19-20,23H2,1-2H3/b33-31+/t32-/m0/s1. The van der Waals surface area contributed by atoms with Gasteiger partial charge >= 0.3 is 0 Å². The fourth-order valence-corrected chi connectivity index (χ4v) is 5.09. The Balaban J connectivity index is 1.50. The average molecular weight is 564 g/mol. The highest BCUT2D eigenvalue weighted by molar-refractivity contribution is 6.46. The fourth-order valence-electron chi connectivity index (χ4n) is 5.09. The first-order chi connectivity index (χ1) is 20.5. The smallest absolute Gasteiger partial charge is 0.295 e. The van der Waals surface area contributed by atoms with Crippen molar-refractivity contribution in [2.75, 3.05) is 20.3 Å². The van der Waals surface area contributed by atoms with E-state index in [1.807, 2.05) is 91.9 Å². The Bertz CT molecular complexity index is 1580. The van der Waals surface area contributed by atoms with Crippen molar-refractivity contribution >= 4 is 17.4 Å². The van der Waals surface area contributed by atoms with Crippen LogP contribution in [0.5, 0.6) is 17.2 Å². The van der Waals surface area contributed by atoms with Gasteiger partial charge in [-0.25, -0.2) is 0 Å². The van der Waals surface area contributed by atoms with Gasteiger partial charge in [-0.3, -0.25) is 9.59 Å². The first-order valence-electron chi connectivity index (χ1n) is 13.8. The van der Waals surface area contributed by atoms with E-state index in [1.165, 1.54) is 4.90 Å². The first kappa shape index (κ1) is 28.6. The van der Waals surface area contributed by atoms with Crippen molar-refractivity contribution in [2.24, 2.45) is 0 Å². The van der Waals surface area contributed by atoms with Crippen LogP contribution in [0.2, 0.25) is 0 Å². The predicted octanol–water partition coefficient (Wildman–Crippen LogP) is 6.82. The highest BCUT2D eigenvalue weighted by atomic mass is 16.5. The molecule has 5 rings (SSSR count). The number of hydrogen-bond donors (Lipinski definition) is 1. The van der Waals surface area contributed by atoms with E-state index in [0.29, 0.717) is 53.6 Å². The van der Waals surface area contributed by atoms with Crippen LogP contribution in [0.15, 0.2) is 109 Å². The summed E-state index contributed by atoms with van der Waals surface area (Å²) in [5, 5.41) is 11.6. The van der Waals surface area contributed by atoms with Gasteiger partial charge in [-0.05, 0) is 72.5 Å². The van der Waals surface area contributed by atoms with Crippen LogP contribution in [-0.2, 0) is 20.9 Å². The molecular formula is C35H33NO6. The van der Waals surface area contributed by atoms with Crippen LogP contribution in [0.1, 0.15) is 34.7 Å². The lowest BCUT2D eigenvalue weighted by Crippen LogP contribution is -2.31. The van der Waals surface area contributed by atoms with Crippen molar-refractivity contribution in [3.05, 3.63) is 131 Å². The number of hydrogen-bond acceptors (Lipinski definition) is 6. The lowest BCUT2D eigenvalue weighted by molar-refractivity contribution is -0.140. The van der Waals surface area contributed by atoms with Gasteiger partial charge in [0.2, 0.25) is 0 Å². The zero-order valence-corrected chi connectivity index (χ0v) is 23.7. The molecule has 0 bridgehead atoms. The largest absolute Gasteiger partial charge is 0.507 e. The number of para-hydroxylation sites is 1. The third-order valence-electron chi connectivity index (χ3n) is 7.14. The van der Waals surface area contributed by atoms with Gasteiger partial charge in [0.05, 0.1) is 11.6 Å². The van der Waals surface area contributed by atoms with Gasteiger partial charge in [-0.1, -0.05) is 60.7 Å². The number of Topliss-reactive ketones (excluding diaryl/α,β-unsaturated/α-hetero) is 1. The number of amides is 1. The fraction of sp³-hybridized carbons (Fsp3) is 0.200. The topological polar surface area (TPSA) is 85.3 Å². The van der Waals surface area contributed by atoms with Gasteiger partial charge in [0, 0.05) is 25.8 Å². The summed E-state index contributed by atoms with van der Waals surface area (Å²) in [6, 6.07) is 30.9. The van der Waals surface area contributed by atoms with Crippen molar-refractivity contribution < 1.29 is 28.9 Å². The molecule has 4 aromatic rings. The molecule has 0 aliphatic carbocycles. The second-order valence-electron chi connectivity index (χ2n) is 10.1. The molecule has 42 heavy (non-hydrogen) atoms. The highest BCUT2D eigenvalue weighted by Crippen LogP contribution is 2.41. The molecule has 7 nitrogen and oxygen atoms in total. The van der Waals surface area contributed by atoms with Crippen molar-refractivity contribution in [1.29, 1.82) is 0 Å². The number of aryl methyl sites for hydroxylation is 1. The van der Waals surface area contributed by atoms with Gasteiger partial charge in [-0.15, -0.1) is 0 Å². The van der Waals surface area contributed by atoms with Crippen LogP contribution in [-0.4, -0.2) is 42.0 Å². The quantitative estimate of drug-likeness (QED) is 0.0933. The molecule has 1 aliphatic heterocycles. The molecular weight excluding hydrogens is 530 g/mol. The number of methoxy groups -OCH3 is 1. The molecule has 0 saturated carbocycles. The Morgan fingerprint density at radius 3 is 2.26 bits per heavy atom. The summed E-state index contributed by atoms with van der Waals surface area (Å²) in [6.45, 7) is 2.95. The first-order valence-corrected chi connectivity index (χ1v) is 13.8. The van der Waals surface area contributed by atoms with Crippen LogP contribution in [0.4, 0.5) is 0 Å². The molecule has 0 aromatic heterocycles. The van der Waals surface area contributed by atoms with Crippen molar-refractivity contribution in [3.63, 3.8) is 0 Å². The van der Waals surface area contributed by atoms with E-state index in [4.69, 9.17) is 14.2 Å². The summed E-state index contributed by atoms with van der Waals surface area (Å²) in [7, 11) is 1.59. The van der Waals surface area contributed by atoms with E-state index in [9.17, 15) is 14.7 Å². The minimum atomic E-state index is -0.797. The molecule has 1 saturated heterocycles. The third-order valence-corrected chi connectivity index (χ3v) is 7.14. The molecule has 0 spiro atoms. The van der Waals surface area contributed by atoms with E-state index in [-0.39, 0.29) is 17.9 Å². The second-order valence-corrected chi connectivity index (χ2v) is 10.1. The van der Waals surface area contributed by atoms with E-state index in [1.54, 1.807) is 25.3 Å². The van der Waals surface area contributed by atoms with E-state index < -0.39 is 17.7 Å². The molecule has 0 radical (unpaired) electrons. The molecule has 1 N–H and O–H groups in total. The molecule has 1 amide bonds. The monoisotopic (exact) mass is 563 g/mol. The maximum atomic E-state index is 13.5. The number of ketones is 1. The second kappa shape index (κ2) is 13.2. The number of carbonyl (C=O) groups excluding carboxylic acids is 2. The summed E-state index contributed by atoms with van der Waals surface area (Å²) in [5.74, 6) is 0.233. The predicted molar refractivity (Wildman–Crippen MR) is 160 cm³/mol. The Kier molecular flexibility index (Phi) is 8.99. The number of aliphatic hydroxyl groups excluding tert-OH is 1. The molecule has 1 aliphatic rings. The normalized spacial score (nSPS) is 16.0. The zero-order chi connectivity index (χ0) is 29.5. The van der Waals surface area contributed by atoms with Gasteiger partial charge in [0.1, 0.15) is 29.6 Å². The van der Waals surface area contributed by atoms with Gasteiger partial charge in [-0.2, -0.15) is 0 Å². The van der Waals surface area contributed by atoms with Gasteiger partial charge in [0.25, 0.3) is 11.7 Å². The molecule has 0 unspecified atom stereocenters. The van der Waals surface area contributed by atoms with Crippen molar-refractivity contribution in [2.45, 2.75) is 26.0 Å². The number of aliphatic hydroxyl groups is 1. The minimum absolute atomic E-state index is 0.0373. The number of rotatable bonds is 11. The van der Waals surface area contributed by atoms with Crippen molar-refractivity contribution in [3.8, 4) is 17.2 Å². The third kappa shape index (κ3) is 6.37. The minimum Gasteiger partial charge on any atom is -0.507 e. The maximum Gasteiger partial charge on any atom is 0.295 e. The lowest BCUT2D eigenvalue weighted by Gasteiger charge is -2.25.